The van der Waals surface area contributed by atoms with E-state index >= 15 is 0 Å². The standard InChI is InChI=1S/C48H93NO10/c1-3-5-7-9-11-13-15-17-19-20-21-22-24-25-27-29-31-33-35-40(51)43(53)39(38-58-48-46(56)45(55)44(54)42(37-50)59-48)49-47(57)41(52)36-34-32-30-28-26-23-18-16-14-12-10-8-6-4-2/h32,34,39-46,48,50-56H,3-31,33,35-38H2,1-2H3,(H,49,57). The van der Waals surface area contributed by atoms with Crippen LogP contribution in [0.25, 0.3) is 0 Å². The molecule has 0 aromatic carbocycles. The molecule has 350 valence electrons. The number of allylic oxidation sites excluding steroid dienone is 1. The van der Waals surface area contributed by atoms with Gasteiger partial charge in [0.2, 0.25) is 5.91 Å². The Balaban J connectivity index is 2.43. The van der Waals surface area contributed by atoms with Crippen molar-refractivity contribution in [3.8, 4) is 0 Å². The van der Waals surface area contributed by atoms with Crippen LogP contribution in [0.4, 0.5) is 0 Å². The fourth-order valence-electron chi connectivity index (χ4n) is 7.98. The number of carbonyl (C=O) groups is 1. The molecule has 0 aromatic rings. The second kappa shape index (κ2) is 38.5. The summed E-state index contributed by atoms with van der Waals surface area (Å²) in [5.74, 6) is -0.744. The van der Waals surface area contributed by atoms with Gasteiger partial charge in [-0.15, -0.1) is 0 Å². The number of carbonyl (C=O) groups excluding carboxylic acids is 1. The van der Waals surface area contributed by atoms with E-state index in [2.05, 4.69) is 19.2 Å². The highest BCUT2D eigenvalue weighted by molar-refractivity contribution is 5.81. The molecule has 0 aliphatic carbocycles. The topological polar surface area (TPSA) is 189 Å². The zero-order chi connectivity index (χ0) is 43.4. The summed E-state index contributed by atoms with van der Waals surface area (Å²) >= 11 is 0. The van der Waals surface area contributed by atoms with Crippen LogP contribution in [0.2, 0.25) is 0 Å². The van der Waals surface area contributed by atoms with Gasteiger partial charge in [-0.3, -0.25) is 4.79 Å². The average molecular weight is 844 g/mol. The van der Waals surface area contributed by atoms with Gasteiger partial charge in [0, 0.05) is 6.42 Å². The number of aliphatic hydroxyl groups excluding tert-OH is 7. The molecule has 59 heavy (non-hydrogen) atoms. The Morgan fingerprint density at radius 3 is 1.46 bits per heavy atom. The van der Waals surface area contributed by atoms with E-state index < -0.39 is 74.2 Å². The molecule has 0 spiro atoms. The highest BCUT2D eigenvalue weighted by atomic mass is 16.7. The van der Waals surface area contributed by atoms with Crippen LogP contribution in [-0.2, 0) is 14.3 Å². The Bertz CT molecular complexity index is 970. The van der Waals surface area contributed by atoms with E-state index in [0.29, 0.717) is 12.8 Å². The molecule has 0 bridgehead atoms. The Morgan fingerprint density at radius 2 is 1.02 bits per heavy atom. The maximum absolute atomic E-state index is 13.1. The fraction of sp³-hybridized carbons (Fsp3) is 0.938. The van der Waals surface area contributed by atoms with Crippen molar-refractivity contribution in [3.63, 3.8) is 0 Å². The lowest BCUT2D eigenvalue weighted by Crippen LogP contribution is -2.60. The van der Waals surface area contributed by atoms with Crippen molar-refractivity contribution in [2.24, 2.45) is 0 Å². The van der Waals surface area contributed by atoms with Gasteiger partial charge in [0.05, 0.1) is 25.4 Å². The number of amides is 1. The van der Waals surface area contributed by atoms with E-state index in [1.165, 1.54) is 148 Å². The lowest BCUT2D eigenvalue weighted by molar-refractivity contribution is -0.303. The Morgan fingerprint density at radius 1 is 0.593 bits per heavy atom. The monoisotopic (exact) mass is 844 g/mol. The van der Waals surface area contributed by atoms with Crippen LogP contribution in [-0.4, -0.2) is 110 Å². The molecule has 1 saturated heterocycles. The van der Waals surface area contributed by atoms with Crippen LogP contribution in [0.15, 0.2) is 12.2 Å². The molecule has 11 nitrogen and oxygen atoms in total. The zero-order valence-corrected chi connectivity index (χ0v) is 37.7. The van der Waals surface area contributed by atoms with Crippen molar-refractivity contribution in [3.05, 3.63) is 12.2 Å². The number of hydrogen-bond donors (Lipinski definition) is 8. The van der Waals surface area contributed by atoms with Gasteiger partial charge in [-0.2, -0.15) is 0 Å². The quantitative estimate of drug-likeness (QED) is 0.0219. The van der Waals surface area contributed by atoms with Gasteiger partial charge in [-0.05, 0) is 19.3 Å². The van der Waals surface area contributed by atoms with Gasteiger partial charge < -0.3 is 50.5 Å². The second-order valence-electron chi connectivity index (χ2n) is 17.5. The summed E-state index contributed by atoms with van der Waals surface area (Å²) in [5.41, 5.74) is 0. The molecule has 1 aliphatic rings. The Hall–Kier alpha value is -1.15. The lowest BCUT2D eigenvalue weighted by atomic mass is 9.98. The zero-order valence-electron chi connectivity index (χ0n) is 37.7. The molecule has 1 heterocycles. The molecule has 8 N–H and O–H groups in total. The van der Waals surface area contributed by atoms with E-state index in [4.69, 9.17) is 9.47 Å². The van der Waals surface area contributed by atoms with E-state index in [0.717, 1.165) is 38.5 Å². The van der Waals surface area contributed by atoms with E-state index in [1.54, 1.807) is 6.08 Å². The molecule has 0 saturated carbocycles. The molecule has 0 aromatic heterocycles. The summed E-state index contributed by atoms with van der Waals surface area (Å²) in [4.78, 5) is 13.1. The highest BCUT2D eigenvalue weighted by Gasteiger charge is 2.44. The van der Waals surface area contributed by atoms with Gasteiger partial charge >= 0.3 is 0 Å². The van der Waals surface area contributed by atoms with E-state index in [-0.39, 0.29) is 6.42 Å². The van der Waals surface area contributed by atoms with Crippen LogP contribution in [0, 0.1) is 0 Å². The first-order valence-corrected chi connectivity index (χ1v) is 24.6. The number of aliphatic hydroxyl groups is 7. The van der Waals surface area contributed by atoms with Gasteiger partial charge in [-0.25, -0.2) is 0 Å². The van der Waals surface area contributed by atoms with Crippen molar-refractivity contribution in [2.75, 3.05) is 13.2 Å². The molecular formula is C48H93NO10. The van der Waals surface area contributed by atoms with Crippen molar-refractivity contribution in [1.29, 1.82) is 0 Å². The smallest absolute Gasteiger partial charge is 0.249 e. The van der Waals surface area contributed by atoms with E-state index in [1.807, 2.05) is 6.08 Å². The first-order valence-electron chi connectivity index (χ1n) is 24.6. The maximum atomic E-state index is 13.1. The van der Waals surface area contributed by atoms with Crippen molar-refractivity contribution in [2.45, 2.75) is 274 Å². The number of nitrogens with one attached hydrogen (secondary N) is 1. The molecule has 1 rings (SSSR count). The minimum absolute atomic E-state index is 0.0854. The van der Waals surface area contributed by atoms with Crippen molar-refractivity contribution >= 4 is 5.91 Å². The van der Waals surface area contributed by atoms with Crippen LogP contribution in [0.5, 0.6) is 0 Å². The fourth-order valence-corrected chi connectivity index (χ4v) is 7.98. The SMILES string of the molecule is CCCCCCCCCCCCCC=CCC(O)C(=O)NC(COC1OC(CO)C(O)C(O)C1O)C(O)C(O)CCCCCCCCCCCCCCCCCCCC. The van der Waals surface area contributed by atoms with Crippen LogP contribution < -0.4 is 5.32 Å². The third-order valence-electron chi connectivity index (χ3n) is 12.1. The summed E-state index contributed by atoms with van der Waals surface area (Å²) in [6, 6.07) is -1.18. The third-order valence-corrected chi connectivity index (χ3v) is 12.1. The molecule has 11 heteroatoms. The first kappa shape index (κ1) is 55.9. The third kappa shape index (κ3) is 28.2. The number of rotatable bonds is 41. The summed E-state index contributed by atoms with van der Waals surface area (Å²) in [5, 5.41) is 75.7. The maximum Gasteiger partial charge on any atom is 0.249 e. The van der Waals surface area contributed by atoms with Gasteiger partial charge in [0.1, 0.15) is 36.6 Å². The highest BCUT2D eigenvalue weighted by Crippen LogP contribution is 2.23. The summed E-state index contributed by atoms with van der Waals surface area (Å²) in [6.07, 6.45) is 29.9. The Labute approximate surface area is 360 Å². The number of unbranched alkanes of at least 4 members (excludes halogenated alkanes) is 28. The average Bonchev–Trinajstić information content (AvgIpc) is 3.23. The second-order valence-corrected chi connectivity index (χ2v) is 17.5. The lowest BCUT2D eigenvalue weighted by Gasteiger charge is -2.40. The minimum Gasteiger partial charge on any atom is -0.394 e. The van der Waals surface area contributed by atoms with Crippen LogP contribution >= 0.6 is 0 Å². The number of hydrogen-bond acceptors (Lipinski definition) is 10. The summed E-state index contributed by atoms with van der Waals surface area (Å²) in [7, 11) is 0. The predicted octanol–water partition coefficient (Wildman–Crippen LogP) is 8.45. The van der Waals surface area contributed by atoms with Gasteiger partial charge in [0.25, 0.3) is 0 Å². The number of ether oxygens (including phenoxy) is 2. The molecule has 0 radical (unpaired) electrons. The van der Waals surface area contributed by atoms with Crippen molar-refractivity contribution < 1.29 is 50.0 Å². The minimum atomic E-state index is -1.66. The van der Waals surface area contributed by atoms with Crippen LogP contribution in [0.3, 0.4) is 0 Å². The summed E-state index contributed by atoms with van der Waals surface area (Å²) < 4.78 is 11.1. The largest absolute Gasteiger partial charge is 0.394 e. The predicted molar refractivity (Wildman–Crippen MR) is 238 cm³/mol. The molecule has 9 unspecified atom stereocenters. The molecular weight excluding hydrogens is 751 g/mol. The van der Waals surface area contributed by atoms with Crippen molar-refractivity contribution in [1.82, 2.24) is 5.32 Å². The van der Waals surface area contributed by atoms with E-state index in [9.17, 15) is 40.5 Å². The molecule has 9 atom stereocenters. The molecule has 1 amide bonds. The van der Waals surface area contributed by atoms with Crippen LogP contribution in [0.1, 0.15) is 219 Å². The normalized spacial score (nSPS) is 21.8. The molecule has 1 fully saturated rings. The summed E-state index contributed by atoms with van der Waals surface area (Å²) in [6.45, 7) is 3.43. The van der Waals surface area contributed by atoms with Gasteiger partial charge in [-0.1, -0.05) is 206 Å². The Kier molecular flexibility index (Phi) is 36.5. The molecule has 1 aliphatic heterocycles. The van der Waals surface area contributed by atoms with Gasteiger partial charge in [0.15, 0.2) is 6.29 Å². The first-order chi connectivity index (χ1) is 28.7.